The summed E-state index contributed by atoms with van der Waals surface area (Å²) in [6.45, 7) is 2.08. The summed E-state index contributed by atoms with van der Waals surface area (Å²) in [6.07, 6.45) is 7.32. The number of carbonyl (C=O) groups is 1. The Morgan fingerprint density at radius 1 is 1.41 bits per heavy atom. The summed E-state index contributed by atoms with van der Waals surface area (Å²) in [5.41, 5.74) is -0.323. The van der Waals surface area contributed by atoms with Gasteiger partial charge in [-0.1, -0.05) is 32.6 Å². The van der Waals surface area contributed by atoms with Crippen molar-refractivity contribution in [3.05, 3.63) is 0 Å². The van der Waals surface area contributed by atoms with Crippen molar-refractivity contribution < 1.29 is 9.53 Å². The molecule has 1 aliphatic carbocycles. The van der Waals surface area contributed by atoms with Crippen molar-refractivity contribution in [1.82, 2.24) is 5.32 Å². The molecule has 0 radical (unpaired) electrons. The minimum Gasteiger partial charge on any atom is -0.370 e. The van der Waals surface area contributed by atoms with Crippen LogP contribution in [0.15, 0.2) is 4.99 Å². The minimum atomic E-state index is -0.323. The number of amidine groups is 1. The van der Waals surface area contributed by atoms with E-state index in [1.165, 1.54) is 6.42 Å². The molecule has 0 bridgehead atoms. The summed E-state index contributed by atoms with van der Waals surface area (Å²) in [5, 5.41) is 2.94. The number of aliphatic imine (C=N–C) groups is 1. The Labute approximate surface area is 103 Å². The van der Waals surface area contributed by atoms with E-state index in [0.717, 1.165) is 44.4 Å². The van der Waals surface area contributed by atoms with Crippen LogP contribution in [0, 0.1) is 0 Å². The van der Waals surface area contributed by atoms with Gasteiger partial charge in [0.2, 0.25) is 5.91 Å². The molecule has 1 unspecified atom stereocenters. The Hall–Kier alpha value is -0.900. The number of amides is 1. The van der Waals surface area contributed by atoms with Crippen molar-refractivity contribution in [2.24, 2.45) is 4.99 Å². The van der Waals surface area contributed by atoms with Crippen molar-refractivity contribution in [3.63, 3.8) is 0 Å². The predicted octanol–water partition coefficient (Wildman–Crippen LogP) is 2.03. The first-order valence-corrected chi connectivity index (χ1v) is 6.66. The second-order valence-electron chi connectivity index (χ2n) is 5.03. The van der Waals surface area contributed by atoms with E-state index >= 15 is 0 Å². The molecule has 0 aromatic carbocycles. The molecule has 0 spiro atoms. The van der Waals surface area contributed by atoms with Gasteiger partial charge >= 0.3 is 0 Å². The number of hydrogen-bond donors (Lipinski definition) is 1. The molecule has 0 saturated heterocycles. The standard InChI is InChI=1S/C13H22N2O2/c1-3-7-10-11(16)15-12(14-10)13(17-2)8-5-4-6-9-13/h10H,3-9H2,1-2H3,(H,14,15,16). The first kappa shape index (κ1) is 12.6. The molecule has 96 valence electrons. The number of nitrogens with zero attached hydrogens (tertiary/aromatic N) is 1. The van der Waals surface area contributed by atoms with Gasteiger partial charge in [0.05, 0.1) is 0 Å². The smallest absolute Gasteiger partial charge is 0.250 e. The number of methoxy groups -OCH3 is 1. The molecular formula is C13H22N2O2. The van der Waals surface area contributed by atoms with Crippen LogP contribution in [0.5, 0.6) is 0 Å². The lowest BCUT2D eigenvalue weighted by Gasteiger charge is -2.35. The van der Waals surface area contributed by atoms with Crippen LogP contribution in [0.3, 0.4) is 0 Å². The fourth-order valence-electron chi connectivity index (χ4n) is 2.81. The van der Waals surface area contributed by atoms with Crippen molar-refractivity contribution >= 4 is 11.7 Å². The topological polar surface area (TPSA) is 50.7 Å². The molecule has 1 atom stereocenters. The zero-order chi connectivity index (χ0) is 12.3. The highest BCUT2D eigenvalue weighted by Crippen LogP contribution is 2.33. The van der Waals surface area contributed by atoms with E-state index in [9.17, 15) is 4.79 Å². The van der Waals surface area contributed by atoms with Crippen LogP contribution in [0.1, 0.15) is 51.9 Å². The van der Waals surface area contributed by atoms with Gasteiger partial charge in [-0.25, -0.2) is 0 Å². The van der Waals surface area contributed by atoms with Crippen molar-refractivity contribution in [1.29, 1.82) is 0 Å². The van der Waals surface area contributed by atoms with Crippen molar-refractivity contribution in [3.8, 4) is 0 Å². The van der Waals surface area contributed by atoms with Crippen LogP contribution in [0.2, 0.25) is 0 Å². The first-order chi connectivity index (χ1) is 8.22. The normalized spacial score (nSPS) is 27.8. The summed E-state index contributed by atoms with van der Waals surface area (Å²) in [7, 11) is 1.73. The lowest BCUT2D eigenvalue weighted by molar-refractivity contribution is -0.120. The van der Waals surface area contributed by atoms with Crippen LogP contribution in [-0.2, 0) is 9.53 Å². The molecule has 4 nitrogen and oxygen atoms in total. The van der Waals surface area contributed by atoms with Gasteiger partial charge in [0.25, 0.3) is 0 Å². The average molecular weight is 238 g/mol. The van der Waals surface area contributed by atoms with Gasteiger partial charge in [0.15, 0.2) is 0 Å². The van der Waals surface area contributed by atoms with Gasteiger partial charge in [0.1, 0.15) is 17.5 Å². The quantitative estimate of drug-likeness (QED) is 0.814. The second kappa shape index (κ2) is 5.17. The first-order valence-electron chi connectivity index (χ1n) is 6.66. The van der Waals surface area contributed by atoms with Crippen LogP contribution in [-0.4, -0.2) is 30.5 Å². The number of ether oxygens (including phenoxy) is 1. The van der Waals surface area contributed by atoms with Crippen LogP contribution < -0.4 is 5.32 Å². The van der Waals surface area contributed by atoms with Gasteiger partial charge in [-0.3, -0.25) is 9.79 Å². The summed E-state index contributed by atoms with van der Waals surface area (Å²) >= 11 is 0. The van der Waals surface area contributed by atoms with E-state index in [2.05, 4.69) is 17.2 Å². The fraction of sp³-hybridized carbons (Fsp3) is 0.846. The molecule has 1 fully saturated rings. The predicted molar refractivity (Wildman–Crippen MR) is 67.1 cm³/mol. The average Bonchev–Trinajstić information content (AvgIpc) is 2.73. The maximum Gasteiger partial charge on any atom is 0.250 e. The number of rotatable bonds is 4. The van der Waals surface area contributed by atoms with E-state index in [4.69, 9.17) is 4.74 Å². The zero-order valence-corrected chi connectivity index (χ0v) is 10.8. The molecule has 1 N–H and O–H groups in total. The molecule has 1 amide bonds. The maximum absolute atomic E-state index is 11.8. The fourth-order valence-corrected chi connectivity index (χ4v) is 2.81. The highest BCUT2D eigenvalue weighted by Gasteiger charge is 2.42. The Morgan fingerprint density at radius 2 is 2.12 bits per heavy atom. The zero-order valence-electron chi connectivity index (χ0n) is 10.8. The third kappa shape index (κ3) is 2.37. The van der Waals surface area contributed by atoms with E-state index < -0.39 is 0 Å². The summed E-state index contributed by atoms with van der Waals surface area (Å²) < 4.78 is 5.69. The van der Waals surface area contributed by atoms with E-state index in [0.29, 0.717) is 0 Å². The number of hydrogen-bond acceptors (Lipinski definition) is 3. The van der Waals surface area contributed by atoms with E-state index in [-0.39, 0.29) is 17.6 Å². The SMILES string of the molecule is CCCC1N=C(C2(OC)CCCCC2)NC1=O. The molecule has 17 heavy (non-hydrogen) atoms. The molecule has 1 aliphatic heterocycles. The molecular weight excluding hydrogens is 216 g/mol. The second-order valence-corrected chi connectivity index (χ2v) is 5.03. The van der Waals surface area contributed by atoms with E-state index in [1.54, 1.807) is 7.11 Å². The molecule has 4 heteroatoms. The maximum atomic E-state index is 11.8. The van der Waals surface area contributed by atoms with Crippen molar-refractivity contribution in [2.75, 3.05) is 7.11 Å². The third-order valence-electron chi connectivity index (χ3n) is 3.87. The van der Waals surface area contributed by atoms with Gasteiger partial charge in [-0.15, -0.1) is 0 Å². The van der Waals surface area contributed by atoms with Crippen LogP contribution in [0.4, 0.5) is 0 Å². The van der Waals surface area contributed by atoms with Gasteiger partial charge in [-0.2, -0.15) is 0 Å². The summed E-state index contributed by atoms with van der Waals surface area (Å²) in [6, 6.07) is -0.191. The number of nitrogens with one attached hydrogen (secondary N) is 1. The highest BCUT2D eigenvalue weighted by molar-refractivity contribution is 6.09. The monoisotopic (exact) mass is 238 g/mol. The van der Waals surface area contributed by atoms with Gasteiger partial charge in [0, 0.05) is 7.11 Å². The molecule has 0 aromatic rings. The lowest BCUT2D eigenvalue weighted by Crippen LogP contribution is -2.49. The van der Waals surface area contributed by atoms with Gasteiger partial charge < -0.3 is 10.1 Å². The molecule has 2 rings (SSSR count). The van der Waals surface area contributed by atoms with Gasteiger partial charge in [-0.05, 0) is 19.3 Å². The van der Waals surface area contributed by atoms with Crippen molar-refractivity contribution in [2.45, 2.75) is 63.5 Å². The Kier molecular flexibility index (Phi) is 3.82. The lowest BCUT2D eigenvalue weighted by atomic mass is 9.83. The molecule has 0 aromatic heterocycles. The Bertz CT molecular complexity index is 319. The summed E-state index contributed by atoms with van der Waals surface area (Å²) in [5.74, 6) is 0.826. The third-order valence-corrected chi connectivity index (χ3v) is 3.87. The minimum absolute atomic E-state index is 0.0452. The van der Waals surface area contributed by atoms with E-state index in [1.807, 2.05) is 0 Å². The highest BCUT2D eigenvalue weighted by atomic mass is 16.5. The Morgan fingerprint density at radius 3 is 2.71 bits per heavy atom. The summed E-state index contributed by atoms with van der Waals surface area (Å²) in [4.78, 5) is 16.4. The van der Waals surface area contributed by atoms with Crippen LogP contribution >= 0.6 is 0 Å². The largest absolute Gasteiger partial charge is 0.370 e. The number of carbonyl (C=O) groups excluding carboxylic acids is 1. The molecule has 1 saturated carbocycles. The Balaban J connectivity index is 2.15. The molecule has 2 aliphatic rings. The van der Waals surface area contributed by atoms with Crippen LogP contribution in [0.25, 0.3) is 0 Å². The molecule has 1 heterocycles.